The molecular formula is C21H26O5S. The van der Waals surface area contributed by atoms with E-state index in [9.17, 15) is 8.42 Å². The molecule has 5 nitrogen and oxygen atoms in total. The van der Waals surface area contributed by atoms with Crippen LogP contribution in [0.4, 0.5) is 0 Å². The Kier molecular flexibility index (Phi) is 6.39. The number of hydrogen-bond donors (Lipinski definition) is 0. The van der Waals surface area contributed by atoms with Gasteiger partial charge < -0.3 is 14.2 Å². The zero-order chi connectivity index (χ0) is 19.3. The second kappa shape index (κ2) is 8.76. The van der Waals surface area contributed by atoms with Crippen molar-refractivity contribution in [2.24, 2.45) is 0 Å². The normalized spacial score (nSPS) is 19.8. The molecule has 1 heterocycles. The molecule has 0 aromatic heterocycles. The lowest BCUT2D eigenvalue weighted by atomic mass is 10.1. The van der Waals surface area contributed by atoms with Crippen molar-refractivity contribution >= 4 is 9.84 Å². The first-order valence-corrected chi connectivity index (χ1v) is 10.9. The van der Waals surface area contributed by atoms with Gasteiger partial charge in [0.15, 0.2) is 16.9 Å². The zero-order valence-electron chi connectivity index (χ0n) is 15.8. The Hall–Kier alpha value is -2.05. The molecule has 0 amide bonds. The Morgan fingerprint density at radius 2 is 1.85 bits per heavy atom. The van der Waals surface area contributed by atoms with Crippen molar-refractivity contribution in [2.45, 2.75) is 49.0 Å². The van der Waals surface area contributed by atoms with Crippen LogP contribution >= 0.6 is 0 Å². The minimum atomic E-state index is -3.50. The molecule has 6 heteroatoms. The summed E-state index contributed by atoms with van der Waals surface area (Å²) in [5, 5.41) is 0. The fraction of sp³-hybridized carbons (Fsp3) is 0.429. The van der Waals surface area contributed by atoms with Gasteiger partial charge in [-0.15, -0.1) is 0 Å². The maximum Gasteiger partial charge on any atom is 0.205 e. The number of benzene rings is 2. The zero-order valence-corrected chi connectivity index (χ0v) is 16.6. The van der Waals surface area contributed by atoms with Crippen LogP contribution in [-0.2, 0) is 14.6 Å². The topological polar surface area (TPSA) is 61.8 Å². The van der Waals surface area contributed by atoms with E-state index in [0.29, 0.717) is 35.8 Å². The van der Waals surface area contributed by atoms with E-state index in [1.165, 1.54) is 0 Å². The Morgan fingerprint density at radius 1 is 1.07 bits per heavy atom. The second-order valence-electron chi connectivity index (χ2n) is 6.60. The van der Waals surface area contributed by atoms with Crippen molar-refractivity contribution < 1.29 is 22.6 Å². The molecule has 2 aromatic carbocycles. The van der Waals surface area contributed by atoms with E-state index in [2.05, 4.69) is 6.92 Å². The lowest BCUT2D eigenvalue weighted by Gasteiger charge is -2.17. The maximum absolute atomic E-state index is 12.8. The highest BCUT2D eigenvalue weighted by Gasteiger charge is 2.37. The van der Waals surface area contributed by atoms with Crippen molar-refractivity contribution in [2.75, 3.05) is 13.7 Å². The minimum Gasteiger partial charge on any atom is -0.493 e. The predicted octanol–water partition coefficient (Wildman–Crippen LogP) is 4.53. The van der Waals surface area contributed by atoms with Crippen LogP contribution in [0.3, 0.4) is 0 Å². The molecule has 27 heavy (non-hydrogen) atoms. The van der Waals surface area contributed by atoms with Crippen molar-refractivity contribution in [1.82, 2.24) is 0 Å². The molecule has 2 aromatic rings. The SMILES string of the molecule is CCCCOc1ccc(C2CCC(S(=O)(=O)c3ccccc3)O2)cc1OC. The van der Waals surface area contributed by atoms with Gasteiger partial charge in [-0.1, -0.05) is 37.6 Å². The summed E-state index contributed by atoms with van der Waals surface area (Å²) in [6.07, 6.45) is 2.89. The first kappa shape index (κ1) is 19.7. The van der Waals surface area contributed by atoms with Crippen LogP contribution < -0.4 is 9.47 Å². The summed E-state index contributed by atoms with van der Waals surface area (Å²) < 4.78 is 42.6. The maximum atomic E-state index is 12.8. The minimum absolute atomic E-state index is 0.271. The van der Waals surface area contributed by atoms with E-state index >= 15 is 0 Å². The van der Waals surface area contributed by atoms with Crippen molar-refractivity contribution in [3.8, 4) is 11.5 Å². The van der Waals surface area contributed by atoms with E-state index in [0.717, 1.165) is 18.4 Å². The van der Waals surface area contributed by atoms with Gasteiger partial charge in [-0.05, 0) is 49.1 Å². The highest BCUT2D eigenvalue weighted by atomic mass is 32.2. The number of ether oxygens (including phenoxy) is 3. The van der Waals surface area contributed by atoms with E-state index in [1.807, 2.05) is 18.2 Å². The Balaban J connectivity index is 1.73. The summed E-state index contributed by atoms with van der Waals surface area (Å²) in [5.41, 5.74) is 0.0804. The molecule has 0 aliphatic carbocycles. The summed E-state index contributed by atoms with van der Waals surface area (Å²) in [6, 6.07) is 14.1. The van der Waals surface area contributed by atoms with Gasteiger partial charge in [0.25, 0.3) is 0 Å². The van der Waals surface area contributed by atoms with Crippen molar-refractivity contribution in [3.63, 3.8) is 0 Å². The average Bonchev–Trinajstić information content (AvgIpc) is 3.20. The molecule has 2 atom stereocenters. The van der Waals surface area contributed by atoms with E-state index in [-0.39, 0.29) is 6.10 Å². The second-order valence-corrected chi connectivity index (χ2v) is 8.69. The van der Waals surface area contributed by atoms with Gasteiger partial charge in [-0.2, -0.15) is 0 Å². The van der Waals surface area contributed by atoms with Crippen LogP contribution in [0.15, 0.2) is 53.4 Å². The molecule has 0 radical (unpaired) electrons. The summed E-state index contributed by atoms with van der Waals surface area (Å²) in [7, 11) is -1.90. The molecule has 3 rings (SSSR count). The molecule has 146 valence electrons. The quantitative estimate of drug-likeness (QED) is 0.620. The van der Waals surface area contributed by atoms with Gasteiger partial charge >= 0.3 is 0 Å². The molecule has 1 fully saturated rings. The van der Waals surface area contributed by atoms with Crippen LogP contribution in [0, 0.1) is 0 Å². The van der Waals surface area contributed by atoms with E-state index < -0.39 is 15.3 Å². The first-order valence-electron chi connectivity index (χ1n) is 9.31. The predicted molar refractivity (Wildman–Crippen MR) is 104 cm³/mol. The molecule has 1 saturated heterocycles. The monoisotopic (exact) mass is 390 g/mol. The fourth-order valence-electron chi connectivity index (χ4n) is 3.17. The molecule has 0 bridgehead atoms. The molecule has 0 saturated carbocycles. The molecule has 1 aliphatic heterocycles. The Labute approximate surface area is 161 Å². The number of rotatable bonds is 8. The van der Waals surface area contributed by atoms with Crippen LogP contribution in [0.25, 0.3) is 0 Å². The number of sulfone groups is 1. The van der Waals surface area contributed by atoms with Crippen LogP contribution in [-0.4, -0.2) is 27.6 Å². The summed E-state index contributed by atoms with van der Waals surface area (Å²) >= 11 is 0. The fourth-order valence-corrected chi connectivity index (χ4v) is 4.74. The largest absolute Gasteiger partial charge is 0.493 e. The van der Waals surface area contributed by atoms with Gasteiger partial charge in [0.1, 0.15) is 0 Å². The standard InChI is InChI=1S/C21H26O5S/c1-3-4-14-25-19-11-10-16(15-20(19)24-2)18-12-13-21(26-18)27(22,23)17-8-6-5-7-9-17/h5-11,15,18,21H,3-4,12-14H2,1-2H3. The smallest absolute Gasteiger partial charge is 0.205 e. The van der Waals surface area contributed by atoms with E-state index in [4.69, 9.17) is 14.2 Å². The summed E-state index contributed by atoms with van der Waals surface area (Å²) in [6.45, 7) is 2.75. The third kappa shape index (κ3) is 4.45. The average molecular weight is 391 g/mol. The highest BCUT2D eigenvalue weighted by Crippen LogP contribution is 2.39. The lowest BCUT2D eigenvalue weighted by Crippen LogP contribution is -2.20. The first-order chi connectivity index (χ1) is 13.1. The van der Waals surface area contributed by atoms with Crippen LogP contribution in [0.2, 0.25) is 0 Å². The Bertz CT molecular complexity index is 848. The molecule has 0 spiro atoms. The van der Waals surface area contributed by atoms with Gasteiger partial charge in [0.05, 0.1) is 24.7 Å². The number of hydrogen-bond acceptors (Lipinski definition) is 5. The van der Waals surface area contributed by atoms with Crippen molar-refractivity contribution in [3.05, 3.63) is 54.1 Å². The van der Waals surface area contributed by atoms with Crippen molar-refractivity contribution in [1.29, 1.82) is 0 Å². The van der Waals surface area contributed by atoms with Gasteiger partial charge in [-0.25, -0.2) is 8.42 Å². The van der Waals surface area contributed by atoms with Gasteiger partial charge in [0.2, 0.25) is 9.84 Å². The molecular weight excluding hydrogens is 364 g/mol. The van der Waals surface area contributed by atoms with Crippen LogP contribution in [0.1, 0.15) is 44.3 Å². The van der Waals surface area contributed by atoms with Crippen LogP contribution in [0.5, 0.6) is 11.5 Å². The van der Waals surface area contributed by atoms with E-state index in [1.54, 1.807) is 37.4 Å². The molecule has 2 unspecified atom stereocenters. The Morgan fingerprint density at radius 3 is 2.56 bits per heavy atom. The number of methoxy groups -OCH3 is 1. The molecule has 1 aliphatic rings. The third-order valence-electron chi connectivity index (χ3n) is 4.71. The number of unbranched alkanes of at least 4 members (excludes halogenated alkanes) is 1. The third-order valence-corrected chi connectivity index (χ3v) is 6.68. The highest BCUT2D eigenvalue weighted by molar-refractivity contribution is 7.92. The van der Waals surface area contributed by atoms with Gasteiger partial charge in [-0.3, -0.25) is 0 Å². The molecule has 0 N–H and O–H groups in total. The lowest BCUT2D eigenvalue weighted by molar-refractivity contribution is 0.0868. The van der Waals surface area contributed by atoms with Gasteiger partial charge in [0, 0.05) is 0 Å². The summed E-state index contributed by atoms with van der Waals surface area (Å²) in [4.78, 5) is 0.299. The summed E-state index contributed by atoms with van der Waals surface area (Å²) in [5.74, 6) is 1.34.